The van der Waals surface area contributed by atoms with E-state index < -0.39 is 5.97 Å². The fourth-order valence-corrected chi connectivity index (χ4v) is 2.13. The fraction of sp³-hybridized carbons (Fsp3) is 0.462. The van der Waals surface area contributed by atoms with Gasteiger partial charge in [-0.2, -0.15) is 0 Å². The molecule has 1 fully saturated rings. The van der Waals surface area contributed by atoms with Crippen molar-refractivity contribution in [1.29, 1.82) is 0 Å². The molecular formula is C13H17NO4. The summed E-state index contributed by atoms with van der Waals surface area (Å²) >= 11 is 0. The van der Waals surface area contributed by atoms with Crippen molar-refractivity contribution in [2.45, 2.75) is 37.9 Å². The van der Waals surface area contributed by atoms with Gasteiger partial charge in [-0.3, -0.25) is 0 Å². The van der Waals surface area contributed by atoms with E-state index in [4.69, 9.17) is 15.6 Å². The third kappa shape index (κ3) is 2.92. The van der Waals surface area contributed by atoms with Crippen molar-refractivity contribution in [3.05, 3.63) is 23.8 Å². The SMILES string of the molecule is Nc1cc(C(=O)O)ccc1OC1CCC(O)CC1. The summed E-state index contributed by atoms with van der Waals surface area (Å²) in [7, 11) is 0. The van der Waals surface area contributed by atoms with Crippen molar-refractivity contribution in [2.75, 3.05) is 5.73 Å². The highest BCUT2D eigenvalue weighted by molar-refractivity contribution is 5.89. The average molecular weight is 251 g/mol. The van der Waals surface area contributed by atoms with Crippen LogP contribution in [0.25, 0.3) is 0 Å². The Labute approximate surface area is 105 Å². The number of aromatic carboxylic acids is 1. The molecule has 1 aromatic carbocycles. The molecule has 0 aliphatic heterocycles. The minimum Gasteiger partial charge on any atom is -0.488 e. The standard InChI is InChI=1S/C13H17NO4/c14-11-7-8(13(16)17)1-6-12(11)18-10-4-2-9(15)3-5-10/h1,6-7,9-10,15H,2-5,14H2,(H,16,17). The van der Waals surface area contributed by atoms with Crippen LogP contribution >= 0.6 is 0 Å². The topological polar surface area (TPSA) is 92.8 Å². The van der Waals surface area contributed by atoms with E-state index in [1.165, 1.54) is 12.1 Å². The van der Waals surface area contributed by atoms with Crippen molar-refractivity contribution in [1.82, 2.24) is 0 Å². The van der Waals surface area contributed by atoms with Crippen LogP contribution in [-0.4, -0.2) is 28.4 Å². The zero-order chi connectivity index (χ0) is 13.1. The van der Waals surface area contributed by atoms with Crippen molar-refractivity contribution in [3.63, 3.8) is 0 Å². The zero-order valence-corrected chi connectivity index (χ0v) is 10.0. The molecule has 0 radical (unpaired) electrons. The molecule has 5 heteroatoms. The summed E-state index contributed by atoms with van der Waals surface area (Å²) in [5.74, 6) is -0.490. The van der Waals surface area contributed by atoms with E-state index in [-0.39, 0.29) is 17.8 Å². The van der Waals surface area contributed by atoms with E-state index in [0.29, 0.717) is 11.4 Å². The van der Waals surface area contributed by atoms with Gasteiger partial charge in [-0.05, 0) is 43.9 Å². The van der Waals surface area contributed by atoms with Gasteiger partial charge in [0, 0.05) is 0 Å². The van der Waals surface area contributed by atoms with Crippen LogP contribution in [0.3, 0.4) is 0 Å². The van der Waals surface area contributed by atoms with Crippen LogP contribution in [0.2, 0.25) is 0 Å². The number of ether oxygens (including phenoxy) is 1. The maximum Gasteiger partial charge on any atom is 0.335 e. The number of hydrogen-bond donors (Lipinski definition) is 3. The predicted molar refractivity (Wildman–Crippen MR) is 66.7 cm³/mol. The predicted octanol–water partition coefficient (Wildman–Crippen LogP) is 1.65. The second kappa shape index (κ2) is 5.27. The van der Waals surface area contributed by atoms with Gasteiger partial charge < -0.3 is 20.7 Å². The van der Waals surface area contributed by atoms with Crippen LogP contribution in [0.4, 0.5) is 5.69 Å². The van der Waals surface area contributed by atoms with Crippen LogP contribution in [0.5, 0.6) is 5.75 Å². The molecule has 0 amide bonds. The smallest absolute Gasteiger partial charge is 0.335 e. The van der Waals surface area contributed by atoms with Crippen LogP contribution in [0.15, 0.2) is 18.2 Å². The van der Waals surface area contributed by atoms with E-state index in [2.05, 4.69) is 0 Å². The summed E-state index contributed by atoms with van der Waals surface area (Å²) in [5, 5.41) is 18.2. The van der Waals surface area contributed by atoms with Gasteiger partial charge in [0.05, 0.1) is 23.5 Å². The van der Waals surface area contributed by atoms with Gasteiger partial charge in [0.1, 0.15) is 5.75 Å². The van der Waals surface area contributed by atoms with E-state index in [0.717, 1.165) is 25.7 Å². The Kier molecular flexibility index (Phi) is 3.72. The number of carboxylic acid groups (broad SMARTS) is 1. The Hall–Kier alpha value is -1.75. The van der Waals surface area contributed by atoms with Crippen molar-refractivity contribution in [3.8, 4) is 5.75 Å². The quantitative estimate of drug-likeness (QED) is 0.710. The normalized spacial score (nSPS) is 23.6. The Bertz CT molecular complexity index is 439. The Morgan fingerprint density at radius 1 is 1.28 bits per heavy atom. The zero-order valence-electron chi connectivity index (χ0n) is 10.0. The average Bonchev–Trinajstić information content (AvgIpc) is 2.34. The summed E-state index contributed by atoms with van der Waals surface area (Å²) in [6, 6.07) is 4.46. The number of carboxylic acids is 1. The maximum atomic E-state index is 10.8. The number of aliphatic hydroxyl groups excluding tert-OH is 1. The molecular weight excluding hydrogens is 234 g/mol. The van der Waals surface area contributed by atoms with E-state index in [9.17, 15) is 9.90 Å². The number of carbonyl (C=O) groups is 1. The molecule has 1 aliphatic rings. The molecule has 98 valence electrons. The molecule has 5 nitrogen and oxygen atoms in total. The number of aliphatic hydroxyl groups is 1. The highest BCUT2D eigenvalue weighted by Gasteiger charge is 2.21. The lowest BCUT2D eigenvalue weighted by atomic mass is 9.95. The van der Waals surface area contributed by atoms with E-state index in [1.54, 1.807) is 6.07 Å². The summed E-state index contributed by atoms with van der Waals surface area (Å²) in [6.07, 6.45) is 2.88. The first-order valence-corrected chi connectivity index (χ1v) is 6.04. The number of nitrogen functional groups attached to an aromatic ring is 1. The molecule has 0 atom stereocenters. The number of anilines is 1. The summed E-state index contributed by atoms with van der Waals surface area (Å²) in [4.78, 5) is 10.8. The molecule has 0 aromatic heterocycles. The third-order valence-corrected chi connectivity index (χ3v) is 3.19. The number of nitrogens with two attached hydrogens (primary N) is 1. The molecule has 2 rings (SSSR count). The first-order valence-electron chi connectivity index (χ1n) is 6.04. The van der Waals surface area contributed by atoms with Crippen molar-refractivity contribution in [2.24, 2.45) is 0 Å². The minimum absolute atomic E-state index is 0.0476. The Morgan fingerprint density at radius 2 is 1.94 bits per heavy atom. The number of rotatable bonds is 3. The van der Waals surface area contributed by atoms with Gasteiger partial charge in [0.2, 0.25) is 0 Å². The highest BCUT2D eigenvalue weighted by Crippen LogP contribution is 2.28. The van der Waals surface area contributed by atoms with Crippen LogP contribution in [0.1, 0.15) is 36.0 Å². The van der Waals surface area contributed by atoms with Gasteiger partial charge in [-0.15, -0.1) is 0 Å². The van der Waals surface area contributed by atoms with Gasteiger partial charge >= 0.3 is 5.97 Å². The minimum atomic E-state index is -1.01. The van der Waals surface area contributed by atoms with Gasteiger partial charge in [0.25, 0.3) is 0 Å². The maximum absolute atomic E-state index is 10.8. The van der Waals surface area contributed by atoms with Crippen molar-refractivity contribution < 1.29 is 19.7 Å². The Morgan fingerprint density at radius 3 is 2.50 bits per heavy atom. The third-order valence-electron chi connectivity index (χ3n) is 3.19. The molecule has 0 unspecified atom stereocenters. The molecule has 18 heavy (non-hydrogen) atoms. The molecule has 0 bridgehead atoms. The van der Waals surface area contributed by atoms with Gasteiger partial charge in [-0.1, -0.05) is 0 Å². The second-order valence-electron chi connectivity index (χ2n) is 4.61. The van der Waals surface area contributed by atoms with E-state index >= 15 is 0 Å². The summed E-state index contributed by atoms with van der Waals surface area (Å²) in [5.41, 5.74) is 6.25. The Balaban J connectivity index is 2.03. The molecule has 1 aliphatic carbocycles. The number of hydrogen-bond acceptors (Lipinski definition) is 4. The molecule has 1 saturated carbocycles. The van der Waals surface area contributed by atoms with Crippen LogP contribution < -0.4 is 10.5 Å². The number of benzene rings is 1. The fourth-order valence-electron chi connectivity index (χ4n) is 2.13. The first kappa shape index (κ1) is 12.7. The second-order valence-corrected chi connectivity index (χ2v) is 4.61. The molecule has 0 heterocycles. The molecule has 0 spiro atoms. The molecule has 0 saturated heterocycles. The lowest BCUT2D eigenvalue weighted by molar-refractivity contribution is 0.0666. The lowest BCUT2D eigenvalue weighted by Gasteiger charge is -2.26. The largest absolute Gasteiger partial charge is 0.488 e. The highest BCUT2D eigenvalue weighted by atomic mass is 16.5. The first-order chi connectivity index (χ1) is 8.56. The van der Waals surface area contributed by atoms with Crippen LogP contribution in [0, 0.1) is 0 Å². The van der Waals surface area contributed by atoms with E-state index in [1.807, 2.05) is 0 Å². The monoisotopic (exact) mass is 251 g/mol. The summed E-state index contributed by atoms with van der Waals surface area (Å²) in [6.45, 7) is 0. The van der Waals surface area contributed by atoms with Crippen LogP contribution in [-0.2, 0) is 0 Å². The molecule has 1 aromatic rings. The van der Waals surface area contributed by atoms with Gasteiger partial charge in [0.15, 0.2) is 0 Å². The summed E-state index contributed by atoms with van der Waals surface area (Å²) < 4.78 is 5.74. The van der Waals surface area contributed by atoms with Gasteiger partial charge in [-0.25, -0.2) is 4.79 Å². The lowest BCUT2D eigenvalue weighted by Crippen LogP contribution is -2.26. The van der Waals surface area contributed by atoms with Crippen molar-refractivity contribution >= 4 is 11.7 Å². The molecule has 4 N–H and O–H groups in total.